The molecule has 3 aromatic rings. The van der Waals surface area contributed by atoms with Gasteiger partial charge < -0.3 is 40.4 Å². The van der Waals surface area contributed by atoms with Gasteiger partial charge in [0.05, 0.1) is 29.9 Å². The van der Waals surface area contributed by atoms with E-state index in [4.69, 9.17) is 31.5 Å². The average Bonchev–Trinajstić information content (AvgIpc) is 3.39. The number of fused-ring (bicyclic) bond motifs is 1. The van der Waals surface area contributed by atoms with Gasteiger partial charge in [-0.15, -0.1) is 0 Å². The number of carbonyl (C=O) groups excluding carboxylic acids is 1. The zero-order chi connectivity index (χ0) is 26.7. The summed E-state index contributed by atoms with van der Waals surface area (Å²) in [5.41, 5.74) is 6.66. The van der Waals surface area contributed by atoms with E-state index in [-0.39, 0.29) is 51.7 Å². The second kappa shape index (κ2) is 11.8. The number of rotatable bonds is 10. The van der Waals surface area contributed by atoms with Crippen molar-refractivity contribution in [1.29, 1.82) is 0 Å². The van der Waals surface area contributed by atoms with Gasteiger partial charge in [-0.25, -0.2) is 19.7 Å². The van der Waals surface area contributed by atoms with E-state index in [1.54, 1.807) is 13.0 Å². The molecule has 1 aromatic carbocycles. The molecule has 5 atom stereocenters. The first-order valence-electron chi connectivity index (χ1n) is 11.3. The number of ether oxygens (including phenoxy) is 3. The first-order chi connectivity index (χ1) is 17.7. The molecule has 37 heavy (non-hydrogen) atoms. The van der Waals surface area contributed by atoms with Gasteiger partial charge in [0.1, 0.15) is 37.0 Å². The van der Waals surface area contributed by atoms with Crippen molar-refractivity contribution in [3.63, 3.8) is 0 Å². The van der Waals surface area contributed by atoms with E-state index in [0.717, 1.165) is 11.8 Å². The van der Waals surface area contributed by atoms with Crippen LogP contribution in [0, 0.1) is 0 Å². The quantitative estimate of drug-likeness (QED) is 0.170. The number of thioether (sulfide) groups is 1. The largest absolute Gasteiger partial charge is 0.491 e. The number of nitrogens with zero attached hydrogens (tertiary/aromatic N) is 4. The maximum Gasteiger partial charge on any atom is 0.339 e. The lowest BCUT2D eigenvalue weighted by Crippen LogP contribution is -2.33. The fourth-order valence-corrected chi connectivity index (χ4v) is 4.87. The number of anilines is 1. The van der Waals surface area contributed by atoms with E-state index in [0.29, 0.717) is 5.75 Å². The highest BCUT2D eigenvalue weighted by atomic mass is 35.5. The Morgan fingerprint density at radius 3 is 2.78 bits per heavy atom. The van der Waals surface area contributed by atoms with Crippen molar-refractivity contribution in [2.45, 2.75) is 42.7 Å². The van der Waals surface area contributed by atoms with Crippen LogP contribution in [-0.4, -0.2) is 95.9 Å². The zero-order valence-electron chi connectivity index (χ0n) is 19.6. The Morgan fingerprint density at radius 1 is 1.32 bits per heavy atom. The van der Waals surface area contributed by atoms with Crippen molar-refractivity contribution < 1.29 is 39.4 Å². The minimum absolute atomic E-state index is 0.0991. The highest BCUT2D eigenvalue weighted by Gasteiger charge is 2.45. The SMILES string of the molecule is CCOC(=O)c1ccc(OCC(O)CSc2nc3c(N)ncnc3n2[C@@H]2O[C@H](CO)[C@@H](O)[C@H]2O)cc1Cl. The third-order valence-electron chi connectivity index (χ3n) is 5.53. The van der Waals surface area contributed by atoms with Gasteiger partial charge in [0.25, 0.3) is 0 Å². The van der Waals surface area contributed by atoms with Crippen molar-refractivity contribution in [3.05, 3.63) is 35.1 Å². The van der Waals surface area contributed by atoms with Gasteiger partial charge in [0.2, 0.25) is 0 Å². The molecule has 0 radical (unpaired) electrons. The Hall–Kier alpha value is -2.72. The number of halogens is 1. The molecule has 1 unspecified atom stereocenters. The predicted octanol–water partition coefficient (Wildman–Crippen LogP) is 0.382. The molecule has 3 heterocycles. The average molecular weight is 556 g/mol. The summed E-state index contributed by atoms with van der Waals surface area (Å²) in [6.45, 7) is 1.32. The number of nitrogens with two attached hydrogens (primary N) is 1. The minimum Gasteiger partial charge on any atom is -0.491 e. The Morgan fingerprint density at radius 2 is 2.11 bits per heavy atom. The lowest BCUT2D eigenvalue weighted by Gasteiger charge is -2.19. The molecule has 1 saturated heterocycles. The number of aromatic nitrogens is 4. The van der Waals surface area contributed by atoms with Crippen LogP contribution >= 0.6 is 23.4 Å². The number of imidazole rings is 1. The van der Waals surface area contributed by atoms with E-state index >= 15 is 0 Å². The number of hydrogen-bond acceptors (Lipinski definition) is 13. The van der Waals surface area contributed by atoms with Crippen LogP contribution in [0.4, 0.5) is 5.82 Å². The third-order valence-corrected chi connectivity index (χ3v) is 6.94. The molecule has 0 saturated carbocycles. The highest BCUT2D eigenvalue weighted by Crippen LogP contribution is 2.36. The number of aliphatic hydroxyl groups excluding tert-OH is 4. The fraction of sp³-hybridized carbons (Fsp3) is 0.455. The molecule has 4 rings (SSSR count). The van der Waals surface area contributed by atoms with Gasteiger partial charge in [-0.2, -0.15) is 0 Å². The van der Waals surface area contributed by atoms with Crippen LogP contribution in [0.2, 0.25) is 5.02 Å². The fourth-order valence-electron chi connectivity index (χ4n) is 3.70. The van der Waals surface area contributed by atoms with Crippen molar-refractivity contribution in [3.8, 4) is 5.75 Å². The molecule has 0 spiro atoms. The number of carbonyl (C=O) groups is 1. The van der Waals surface area contributed by atoms with Crippen LogP contribution < -0.4 is 10.5 Å². The standard InChI is InChI=1S/C22H26ClN5O8S/c1-2-34-21(33)12-4-3-11(5-13(12)23)35-7-10(30)8-37-22-27-15-18(24)25-9-26-19(15)28(22)20-17(32)16(31)14(6-29)36-20/h3-5,9-10,14,16-17,20,29-32H,2,6-8H2,1H3,(H2,24,25,26)/t10?,14-,16-,17-,20-/m1/s1. The zero-order valence-corrected chi connectivity index (χ0v) is 21.2. The lowest BCUT2D eigenvalue weighted by atomic mass is 10.1. The summed E-state index contributed by atoms with van der Waals surface area (Å²) < 4.78 is 17.7. The first-order valence-corrected chi connectivity index (χ1v) is 12.6. The summed E-state index contributed by atoms with van der Waals surface area (Å²) in [5, 5.41) is 41.2. The molecule has 1 aliphatic heterocycles. The Labute approximate surface area is 220 Å². The van der Waals surface area contributed by atoms with Crippen molar-refractivity contribution in [2.24, 2.45) is 0 Å². The molecule has 0 aliphatic carbocycles. The third kappa shape index (κ3) is 5.75. The smallest absolute Gasteiger partial charge is 0.339 e. The summed E-state index contributed by atoms with van der Waals surface area (Å²) >= 11 is 7.26. The molecule has 0 amide bonds. The van der Waals surface area contributed by atoms with Crippen molar-refractivity contribution >= 4 is 46.3 Å². The Bertz CT molecular complexity index is 1260. The summed E-state index contributed by atoms with van der Waals surface area (Å²) in [7, 11) is 0. The van der Waals surface area contributed by atoms with Crippen LogP contribution in [0.3, 0.4) is 0 Å². The normalized spacial score (nSPS) is 22.3. The number of benzene rings is 1. The molecule has 13 nitrogen and oxygen atoms in total. The maximum absolute atomic E-state index is 11.9. The second-order valence-electron chi connectivity index (χ2n) is 8.06. The van der Waals surface area contributed by atoms with Gasteiger partial charge in [0, 0.05) is 5.75 Å². The first kappa shape index (κ1) is 27.3. The van der Waals surface area contributed by atoms with Crippen LogP contribution in [0.25, 0.3) is 11.2 Å². The van der Waals surface area contributed by atoms with Crippen LogP contribution in [0.5, 0.6) is 5.75 Å². The summed E-state index contributed by atoms with van der Waals surface area (Å²) in [6.07, 6.45) is -4.55. The Kier molecular flexibility index (Phi) is 8.69. The van der Waals surface area contributed by atoms with E-state index in [1.807, 2.05) is 0 Å². The molecule has 6 N–H and O–H groups in total. The second-order valence-corrected chi connectivity index (χ2v) is 9.46. The number of esters is 1. The molecule has 2 aromatic heterocycles. The molecule has 1 fully saturated rings. The van der Waals surface area contributed by atoms with Gasteiger partial charge in [-0.05, 0) is 25.1 Å². The van der Waals surface area contributed by atoms with Gasteiger partial charge in [-0.1, -0.05) is 23.4 Å². The van der Waals surface area contributed by atoms with Gasteiger partial charge in [-0.3, -0.25) is 4.57 Å². The molecular formula is C22H26ClN5O8S. The van der Waals surface area contributed by atoms with E-state index in [1.165, 1.54) is 23.0 Å². The summed E-state index contributed by atoms with van der Waals surface area (Å²) in [6, 6.07) is 4.47. The van der Waals surface area contributed by atoms with Crippen LogP contribution in [0.15, 0.2) is 29.7 Å². The van der Waals surface area contributed by atoms with Gasteiger partial charge >= 0.3 is 5.97 Å². The lowest BCUT2D eigenvalue weighted by molar-refractivity contribution is -0.0548. The number of nitrogen functional groups attached to an aromatic ring is 1. The molecular weight excluding hydrogens is 530 g/mol. The maximum atomic E-state index is 11.9. The molecule has 0 bridgehead atoms. The van der Waals surface area contributed by atoms with Crippen molar-refractivity contribution in [2.75, 3.05) is 31.3 Å². The summed E-state index contributed by atoms with van der Waals surface area (Å²) in [4.78, 5) is 24.4. The minimum atomic E-state index is -1.37. The summed E-state index contributed by atoms with van der Waals surface area (Å²) in [5.74, 6) is 0.0197. The van der Waals surface area contributed by atoms with E-state index in [9.17, 15) is 25.2 Å². The van der Waals surface area contributed by atoms with Crippen molar-refractivity contribution in [1.82, 2.24) is 19.5 Å². The van der Waals surface area contributed by atoms with E-state index in [2.05, 4.69) is 15.0 Å². The number of hydrogen-bond donors (Lipinski definition) is 5. The molecule has 15 heteroatoms. The predicted molar refractivity (Wildman–Crippen MR) is 132 cm³/mol. The Balaban J connectivity index is 1.46. The highest BCUT2D eigenvalue weighted by molar-refractivity contribution is 7.99. The van der Waals surface area contributed by atoms with Crippen LogP contribution in [0.1, 0.15) is 23.5 Å². The molecule has 1 aliphatic rings. The van der Waals surface area contributed by atoms with Gasteiger partial charge in [0.15, 0.2) is 28.4 Å². The molecule has 200 valence electrons. The topological polar surface area (TPSA) is 195 Å². The van der Waals surface area contributed by atoms with E-state index < -0.39 is 43.2 Å². The number of aliphatic hydroxyl groups is 4. The monoisotopic (exact) mass is 555 g/mol. The van der Waals surface area contributed by atoms with Crippen LogP contribution in [-0.2, 0) is 9.47 Å².